The van der Waals surface area contributed by atoms with E-state index >= 15 is 0 Å². The van der Waals surface area contributed by atoms with Crippen molar-refractivity contribution in [3.8, 4) is 0 Å². The molecule has 3 unspecified atom stereocenters. The fourth-order valence-corrected chi connectivity index (χ4v) is 2.70. The summed E-state index contributed by atoms with van der Waals surface area (Å²) in [6.45, 7) is 8.56. The Kier molecular flexibility index (Phi) is 4.99. The summed E-state index contributed by atoms with van der Waals surface area (Å²) in [5, 5.41) is 3.21. The molecule has 0 heterocycles. The molecular formula is C14H28N2O. The normalized spacial score (nSPS) is 30.1. The molecule has 3 atom stereocenters. The zero-order valence-electron chi connectivity index (χ0n) is 11.8. The average molecular weight is 240 g/mol. The van der Waals surface area contributed by atoms with Crippen molar-refractivity contribution in [2.24, 2.45) is 17.6 Å². The van der Waals surface area contributed by atoms with Crippen LogP contribution in [0.5, 0.6) is 0 Å². The van der Waals surface area contributed by atoms with Crippen LogP contribution in [0.1, 0.15) is 59.8 Å². The molecule has 1 aliphatic rings. The van der Waals surface area contributed by atoms with Crippen molar-refractivity contribution in [2.75, 3.05) is 0 Å². The van der Waals surface area contributed by atoms with E-state index < -0.39 is 0 Å². The molecule has 0 aromatic carbocycles. The van der Waals surface area contributed by atoms with Crippen LogP contribution in [0.2, 0.25) is 0 Å². The summed E-state index contributed by atoms with van der Waals surface area (Å²) in [5.74, 6) is 0.897. The summed E-state index contributed by atoms with van der Waals surface area (Å²) < 4.78 is 0. The van der Waals surface area contributed by atoms with E-state index in [1.54, 1.807) is 0 Å². The summed E-state index contributed by atoms with van der Waals surface area (Å²) >= 11 is 0. The van der Waals surface area contributed by atoms with E-state index in [0.29, 0.717) is 5.92 Å². The number of hydrogen-bond donors (Lipinski definition) is 2. The first kappa shape index (κ1) is 14.5. The van der Waals surface area contributed by atoms with Gasteiger partial charge < -0.3 is 11.1 Å². The van der Waals surface area contributed by atoms with Crippen LogP contribution in [0.4, 0.5) is 0 Å². The van der Waals surface area contributed by atoms with Gasteiger partial charge in [0, 0.05) is 17.5 Å². The minimum absolute atomic E-state index is 0.0537. The van der Waals surface area contributed by atoms with Crippen molar-refractivity contribution < 1.29 is 4.79 Å². The van der Waals surface area contributed by atoms with Crippen molar-refractivity contribution in [3.63, 3.8) is 0 Å². The van der Waals surface area contributed by atoms with Gasteiger partial charge in [-0.25, -0.2) is 0 Å². The Hall–Kier alpha value is -0.570. The van der Waals surface area contributed by atoms with Crippen molar-refractivity contribution in [3.05, 3.63) is 0 Å². The van der Waals surface area contributed by atoms with Crippen molar-refractivity contribution in [1.29, 1.82) is 0 Å². The van der Waals surface area contributed by atoms with E-state index in [-0.39, 0.29) is 23.4 Å². The summed E-state index contributed by atoms with van der Waals surface area (Å²) in [6, 6.07) is 0.198. The number of carbonyl (C=O) groups excluding carboxylic acids is 1. The summed E-state index contributed by atoms with van der Waals surface area (Å²) in [6.07, 6.45) is 4.85. The summed E-state index contributed by atoms with van der Waals surface area (Å²) in [7, 11) is 0. The minimum atomic E-state index is -0.0537. The highest BCUT2D eigenvalue weighted by Crippen LogP contribution is 2.29. The molecule has 1 rings (SSSR count). The van der Waals surface area contributed by atoms with Gasteiger partial charge in [-0.3, -0.25) is 4.79 Å². The highest BCUT2D eigenvalue weighted by Gasteiger charge is 2.32. The van der Waals surface area contributed by atoms with Gasteiger partial charge in [0.1, 0.15) is 0 Å². The Labute approximate surface area is 106 Å². The molecule has 1 amide bonds. The van der Waals surface area contributed by atoms with Crippen LogP contribution in [0.3, 0.4) is 0 Å². The summed E-state index contributed by atoms with van der Waals surface area (Å²) in [5.41, 5.74) is 5.95. The second kappa shape index (κ2) is 5.85. The Morgan fingerprint density at radius 2 is 1.88 bits per heavy atom. The fraction of sp³-hybridized carbons (Fsp3) is 0.929. The van der Waals surface area contributed by atoms with Crippen LogP contribution in [0, 0.1) is 11.8 Å². The molecule has 0 bridgehead atoms. The first-order chi connectivity index (χ1) is 7.90. The first-order valence-corrected chi connectivity index (χ1v) is 6.97. The second-order valence-electron chi connectivity index (χ2n) is 6.03. The molecule has 0 spiro atoms. The highest BCUT2D eigenvalue weighted by atomic mass is 16.2. The number of hydrogen-bond acceptors (Lipinski definition) is 2. The van der Waals surface area contributed by atoms with E-state index in [1.165, 1.54) is 0 Å². The van der Waals surface area contributed by atoms with Crippen LogP contribution in [-0.2, 0) is 4.79 Å². The van der Waals surface area contributed by atoms with Crippen LogP contribution < -0.4 is 11.1 Å². The second-order valence-corrected chi connectivity index (χ2v) is 6.03. The Morgan fingerprint density at radius 3 is 2.35 bits per heavy atom. The van der Waals surface area contributed by atoms with E-state index in [0.717, 1.165) is 32.1 Å². The molecule has 100 valence electrons. The van der Waals surface area contributed by atoms with Gasteiger partial charge >= 0.3 is 0 Å². The van der Waals surface area contributed by atoms with E-state index in [4.69, 9.17) is 5.73 Å². The van der Waals surface area contributed by atoms with Gasteiger partial charge in [-0.15, -0.1) is 0 Å². The van der Waals surface area contributed by atoms with Crippen LogP contribution in [0.15, 0.2) is 0 Å². The predicted molar refractivity (Wildman–Crippen MR) is 71.6 cm³/mol. The SMILES string of the molecule is CCC(C)(CC)NC(=O)C1CC(C)CC(N)C1. The first-order valence-electron chi connectivity index (χ1n) is 6.97. The lowest BCUT2D eigenvalue weighted by Crippen LogP contribution is -2.49. The molecule has 0 radical (unpaired) electrons. The number of amides is 1. The maximum absolute atomic E-state index is 12.3. The number of nitrogens with two attached hydrogens (primary N) is 1. The molecule has 0 aromatic rings. The Morgan fingerprint density at radius 1 is 1.29 bits per heavy atom. The van der Waals surface area contributed by atoms with Crippen LogP contribution >= 0.6 is 0 Å². The van der Waals surface area contributed by atoms with E-state index in [2.05, 4.69) is 33.0 Å². The quantitative estimate of drug-likeness (QED) is 0.793. The van der Waals surface area contributed by atoms with Gasteiger partial charge in [0.2, 0.25) is 5.91 Å². The van der Waals surface area contributed by atoms with Crippen molar-refractivity contribution >= 4 is 5.91 Å². The fourth-order valence-electron chi connectivity index (χ4n) is 2.70. The third-order valence-electron chi connectivity index (χ3n) is 4.34. The smallest absolute Gasteiger partial charge is 0.223 e. The van der Waals surface area contributed by atoms with Crippen LogP contribution in [-0.4, -0.2) is 17.5 Å². The molecule has 3 nitrogen and oxygen atoms in total. The zero-order chi connectivity index (χ0) is 13.1. The lowest BCUT2D eigenvalue weighted by molar-refractivity contribution is -0.128. The van der Waals surface area contributed by atoms with Crippen molar-refractivity contribution in [1.82, 2.24) is 5.32 Å². The molecule has 1 aliphatic carbocycles. The minimum Gasteiger partial charge on any atom is -0.351 e. The van der Waals surface area contributed by atoms with E-state index in [1.807, 2.05) is 0 Å². The third-order valence-corrected chi connectivity index (χ3v) is 4.34. The van der Waals surface area contributed by atoms with Gasteiger partial charge in [0.05, 0.1) is 0 Å². The predicted octanol–water partition coefficient (Wildman–Crippen LogP) is 2.44. The average Bonchev–Trinajstić information content (AvgIpc) is 2.27. The maximum atomic E-state index is 12.3. The monoisotopic (exact) mass is 240 g/mol. The largest absolute Gasteiger partial charge is 0.351 e. The molecule has 0 aliphatic heterocycles. The molecule has 0 aromatic heterocycles. The molecule has 17 heavy (non-hydrogen) atoms. The van der Waals surface area contributed by atoms with E-state index in [9.17, 15) is 4.79 Å². The number of rotatable bonds is 4. The molecule has 1 saturated carbocycles. The Balaban J connectivity index is 2.57. The standard InChI is InChI=1S/C14H28N2O/c1-5-14(4,6-2)16-13(17)11-7-10(3)8-12(15)9-11/h10-12H,5-9,15H2,1-4H3,(H,16,17). The lowest BCUT2D eigenvalue weighted by Gasteiger charge is -2.34. The molecule has 0 saturated heterocycles. The van der Waals surface area contributed by atoms with Gasteiger partial charge in [-0.1, -0.05) is 20.8 Å². The molecular weight excluding hydrogens is 212 g/mol. The van der Waals surface area contributed by atoms with Gasteiger partial charge in [0.25, 0.3) is 0 Å². The topological polar surface area (TPSA) is 55.1 Å². The molecule has 3 heteroatoms. The molecule has 1 fully saturated rings. The van der Waals surface area contributed by atoms with Gasteiger partial charge in [-0.2, -0.15) is 0 Å². The summed E-state index contributed by atoms with van der Waals surface area (Å²) in [4.78, 5) is 12.3. The lowest BCUT2D eigenvalue weighted by atomic mass is 9.79. The number of nitrogens with one attached hydrogen (secondary N) is 1. The maximum Gasteiger partial charge on any atom is 0.223 e. The highest BCUT2D eigenvalue weighted by molar-refractivity contribution is 5.79. The van der Waals surface area contributed by atoms with Crippen LogP contribution in [0.25, 0.3) is 0 Å². The number of carbonyl (C=O) groups is 1. The van der Waals surface area contributed by atoms with Crippen molar-refractivity contribution in [2.45, 2.75) is 71.4 Å². The molecule has 3 N–H and O–H groups in total. The van der Waals surface area contributed by atoms with Gasteiger partial charge in [0.15, 0.2) is 0 Å². The Bertz CT molecular complexity index is 251. The zero-order valence-corrected chi connectivity index (χ0v) is 11.8. The van der Waals surface area contributed by atoms with Gasteiger partial charge in [-0.05, 0) is 44.9 Å². The third kappa shape index (κ3) is 3.98.